The minimum absolute atomic E-state index is 0.233. The SMILES string of the molecule is CNCC#Cc1ccc(F)cc1OC(F)F. The molecule has 1 N–H and O–H groups in total. The number of nitrogens with one attached hydrogen (secondary N) is 1. The molecular weight excluding hydrogens is 219 g/mol. The number of rotatable bonds is 3. The highest BCUT2D eigenvalue weighted by Gasteiger charge is 2.09. The fourth-order valence-corrected chi connectivity index (χ4v) is 1.02. The van der Waals surface area contributed by atoms with Crippen LogP contribution in [0.15, 0.2) is 18.2 Å². The van der Waals surface area contributed by atoms with Gasteiger partial charge in [0.25, 0.3) is 0 Å². The van der Waals surface area contributed by atoms with Crippen molar-refractivity contribution in [2.45, 2.75) is 6.61 Å². The predicted octanol–water partition coefficient (Wildman–Crippen LogP) is 2.00. The quantitative estimate of drug-likeness (QED) is 0.800. The van der Waals surface area contributed by atoms with Crippen LogP contribution in [0.5, 0.6) is 5.75 Å². The van der Waals surface area contributed by atoms with Gasteiger partial charge in [-0.05, 0) is 19.2 Å². The first-order valence-corrected chi connectivity index (χ1v) is 4.51. The third-order valence-corrected chi connectivity index (χ3v) is 1.65. The van der Waals surface area contributed by atoms with E-state index in [1.54, 1.807) is 7.05 Å². The van der Waals surface area contributed by atoms with E-state index in [4.69, 9.17) is 0 Å². The summed E-state index contributed by atoms with van der Waals surface area (Å²) < 4.78 is 41.0. The highest BCUT2D eigenvalue weighted by Crippen LogP contribution is 2.20. The monoisotopic (exact) mass is 229 g/mol. The van der Waals surface area contributed by atoms with E-state index >= 15 is 0 Å². The molecule has 0 aromatic heterocycles. The minimum atomic E-state index is -2.99. The molecule has 0 amide bonds. The lowest BCUT2D eigenvalue weighted by atomic mass is 10.2. The van der Waals surface area contributed by atoms with E-state index in [-0.39, 0.29) is 11.3 Å². The van der Waals surface area contributed by atoms with Gasteiger partial charge in [-0.25, -0.2) is 4.39 Å². The second-order valence-corrected chi connectivity index (χ2v) is 2.85. The largest absolute Gasteiger partial charge is 0.433 e. The molecule has 0 unspecified atom stereocenters. The zero-order chi connectivity index (χ0) is 12.0. The third kappa shape index (κ3) is 3.83. The van der Waals surface area contributed by atoms with Crippen molar-refractivity contribution in [3.63, 3.8) is 0 Å². The summed E-state index contributed by atoms with van der Waals surface area (Å²) in [5, 5.41) is 2.77. The zero-order valence-electron chi connectivity index (χ0n) is 8.56. The lowest BCUT2D eigenvalue weighted by Gasteiger charge is -2.06. The van der Waals surface area contributed by atoms with Gasteiger partial charge in [0.2, 0.25) is 0 Å². The van der Waals surface area contributed by atoms with E-state index < -0.39 is 12.4 Å². The molecule has 0 aliphatic heterocycles. The predicted molar refractivity (Wildman–Crippen MR) is 53.8 cm³/mol. The van der Waals surface area contributed by atoms with Crippen molar-refractivity contribution in [2.75, 3.05) is 13.6 Å². The van der Waals surface area contributed by atoms with Crippen molar-refractivity contribution in [1.82, 2.24) is 5.32 Å². The van der Waals surface area contributed by atoms with Crippen LogP contribution in [-0.2, 0) is 0 Å². The fourth-order valence-electron chi connectivity index (χ4n) is 1.02. The van der Waals surface area contributed by atoms with E-state index in [1.807, 2.05) is 0 Å². The molecular formula is C11H10F3NO. The van der Waals surface area contributed by atoms with E-state index in [1.165, 1.54) is 6.07 Å². The number of ether oxygens (including phenoxy) is 1. The molecule has 0 spiro atoms. The lowest BCUT2D eigenvalue weighted by molar-refractivity contribution is -0.0501. The Labute approximate surface area is 91.4 Å². The number of halogens is 3. The van der Waals surface area contributed by atoms with Crippen molar-refractivity contribution in [2.24, 2.45) is 0 Å². The molecule has 0 atom stereocenters. The maximum absolute atomic E-state index is 12.8. The normalized spacial score (nSPS) is 9.81. The van der Waals surface area contributed by atoms with Gasteiger partial charge in [-0.2, -0.15) is 8.78 Å². The molecule has 86 valence electrons. The molecule has 1 rings (SSSR count). The van der Waals surface area contributed by atoms with Crippen LogP contribution in [0.1, 0.15) is 5.56 Å². The zero-order valence-corrected chi connectivity index (χ0v) is 8.56. The molecule has 1 aromatic rings. The molecule has 0 fully saturated rings. The fraction of sp³-hybridized carbons (Fsp3) is 0.273. The number of alkyl halides is 2. The van der Waals surface area contributed by atoms with Crippen LogP contribution in [-0.4, -0.2) is 20.2 Å². The Bertz CT molecular complexity index is 409. The van der Waals surface area contributed by atoms with Crippen molar-refractivity contribution in [3.05, 3.63) is 29.6 Å². The van der Waals surface area contributed by atoms with Crippen LogP contribution in [0.3, 0.4) is 0 Å². The highest BCUT2D eigenvalue weighted by atomic mass is 19.3. The molecule has 0 bridgehead atoms. The van der Waals surface area contributed by atoms with Crippen LogP contribution in [0.25, 0.3) is 0 Å². The van der Waals surface area contributed by atoms with Gasteiger partial charge >= 0.3 is 6.61 Å². The molecule has 0 radical (unpaired) electrons. The Kier molecular flexibility index (Phi) is 4.67. The molecule has 5 heteroatoms. The van der Waals surface area contributed by atoms with Crippen molar-refractivity contribution in [3.8, 4) is 17.6 Å². The summed E-state index contributed by atoms with van der Waals surface area (Å²) in [6.45, 7) is -2.59. The van der Waals surface area contributed by atoms with Gasteiger partial charge < -0.3 is 10.1 Å². The Morgan fingerprint density at radius 3 is 2.81 bits per heavy atom. The van der Waals surface area contributed by atoms with Crippen LogP contribution >= 0.6 is 0 Å². The highest BCUT2D eigenvalue weighted by molar-refractivity contribution is 5.46. The van der Waals surface area contributed by atoms with Gasteiger partial charge in [0.15, 0.2) is 0 Å². The summed E-state index contributed by atoms with van der Waals surface area (Å²) >= 11 is 0. The standard InChI is InChI=1S/C11H10F3NO/c1-15-6-2-3-8-4-5-9(12)7-10(8)16-11(13)14/h4-5,7,11,15H,6H2,1H3. The number of hydrogen-bond acceptors (Lipinski definition) is 2. The Balaban J connectivity index is 2.94. The summed E-state index contributed by atoms with van der Waals surface area (Å²) in [5.74, 6) is 4.39. The molecule has 2 nitrogen and oxygen atoms in total. The van der Waals surface area contributed by atoms with Gasteiger partial charge in [-0.3, -0.25) is 0 Å². The minimum Gasteiger partial charge on any atom is -0.433 e. The summed E-state index contributed by atoms with van der Waals surface area (Å²) in [7, 11) is 1.70. The van der Waals surface area contributed by atoms with E-state index in [2.05, 4.69) is 21.9 Å². The van der Waals surface area contributed by atoms with Crippen molar-refractivity contribution < 1.29 is 17.9 Å². The van der Waals surface area contributed by atoms with Gasteiger partial charge in [0, 0.05) is 6.07 Å². The summed E-state index contributed by atoms with van der Waals surface area (Å²) in [4.78, 5) is 0. The van der Waals surface area contributed by atoms with Gasteiger partial charge in [-0.15, -0.1) is 0 Å². The molecule has 0 aliphatic carbocycles. The first kappa shape index (κ1) is 12.4. The van der Waals surface area contributed by atoms with E-state index in [0.29, 0.717) is 6.54 Å². The average molecular weight is 229 g/mol. The Hall–Kier alpha value is -1.67. The Morgan fingerprint density at radius 2 is 2.19 bits per heavy atom. The van der Waals surface area contributed by atoms with E-state index in [0.717, 1.165) is 12.1 Å². The third-order valence-electron chi connectivity index (χ3n) is 1.65. The topological polar surface area (TPSA) is 21.3 Å². The van der Waals surface area contributed by atoms with Gasteiger partial charge in [-0.1, -0.05) is 11.8 Å². The number of benzene rings is 1. The lowest BCUT2D eigenvalue weighted by Crippen LogP contribution is -2.05. The van der Waals surface area contributed by atoms with Crippen molar-refractivity contribution >= 4 is 0 Å². The first-order chi connectivity index (χ1) is 7.63. The average Bonchev–Trinajstić information content (AvgIpc) is 2.20. The molecule has 16 heavy (non-hydrogen) atoms. The molecule has 0 aliphatic rings. The molecule has 0 saturated heterocycles. The van der Waals surface area contributed by atoms with Gasteiger partial charge in [0.1, 0.15) is 11.6 Å². The molecule has 0 saturated carbocycles. The van der Waals surface area contributed by atoms with Crippen LogP contribution in [0.2, 0.25) is 0 Å². The van der Waals surface area contributed by atoms with Crippen molar-refractivity contribution in [1.29, 1.82) is 0 Å². The second-order valence-electron chi connectivity index (χ2n) is 2.85. The summed E-state index contributed by atoms with van der Waals surface area (Å²) in [5.41, 5.74) is 0.233. The summed E-state index contributed by atoms with van der Waals surface area (Å²) in [6.07, 6.45) is 0. The molecule has 1 aromatic carbocycles. The van der Waals surface area contributed by atoms with Crippen LogP contribution < -0.4 is 10.1 Å². The van der Waals surface area contributed by atoms with E-state index in [9.17, 15) is 13.2 Å². The van der Waals surface area contributed by atoms with Crippen LogP contribution in [0.4, 0.5) is 13.2 Å². The summed E-state index contributed by atoms with van der Waals surface area (Å²) in [6, 6.07) is 3.33. The Morgan fingerprint density at radius 1 is 1.44 bits per heavy atom. The van der Waals surface area contributed by atoms with Crippen LogP contribution in [0, 0.1) is 17.7 Å². The number of hydrogen-bond donors (Lipinski definition) is 1. The first-order valence-electron chi connectivity index (χ1n) is 4.51. The maximum Gasteiger partial charge on any atom is 0.387 e. The van der Waals surface area contributed by atoms with Gasteiger partial charge in [0.05, 0.1) is 12.1 Å². The smallest absolute Gasteiger partial charge is 0.387 e. The second kappa shape index (κ2) is 6.03. The molecule has 0 heterocycles. The maximum atomic E-state index is 12.8.